The summed E-state index contributed by atoms with van der Waals surface area (Å²) in [4.78, 5) is 3.60. The van der Waals surface area contributed by atoms with Gasteiger partial charge in [0.1, 0.15) is 0 Å². The quantitative estimate of drug-likeness (QED) is 0.688. The minimum Gasteiger partial charge on any atom is -0.417 e. The number of aromatic nitrogens is 1. The second-order valence-corrected chi connectivity index (χ2v) is 2.25. The van der Waals surface area contributed by atoms with Crippen molar-refractivity contribution < 1.29 is 13.5 Å². The molecule has 2 nitrogen and oxygen atoms in total. The van der Waals surface area contributed by atoms with Crippen LogP contribution in [0.3, 0.4) is 0 Å². The third-order valence-electron chi connectivity index (χ3n) is 1.19. The van der Waals surface area contributed by atoms with Crippen LogP contribution in [0.25, 0.3) is 0 Å². The maximum Gasteiger partial charge on any atom is 0.388 e. The summed E-state index contributed by atoms with van der Waals surface area (Å²) in [5.41, 5.74) is 0.458. The lowest BCUT2D eigenvalue weighted by Crippen LogP contribution is -2.05. The minimum absolute atomic E-state index is 0.107. The van der Waals surface area contributed by atoms with Gasteiger partial charge in [0, 0.05) is 11.8 Å². The van der Waals surface area contributed by atoms with Crippen molar-refractivity contribution in [1.82, 2.24) is 4.98 Å². The van der Waals surface area contributed by atoms with Crippen LogP contribution in [0.15, 0.2) is 18.3 Å². The molecule has 0 aliphatic carbocycles. The van der Waals surface area contributed by atoms with Crippen molar-refractivity contribution in [2.24, 2.45) is 0 Å². The molecule has 12 heavy (non-hydrogen) atoms. The number of ether oxygens (including phenoxy) is 1. The van der Waals surface area contributed by atoms with Gasteiger partial charge in [0.15, 0.2) is 0 Å². The number of pyridine rings is 1. The maximum absolute atomic E-state index is 11.7. The highest BCUT2D eigenvalue weighted by Crippen LogP contribution is 2.18. The Morgan fingerprint density at radius 2 is 2.33 bits per heavy atom. The smallest absolute Gasteiger partial charge is 0.388 e. The molecule has 0 aliphatic heterocycles. The van der Waals surface area contributed by atoms with Gasteiger partial charge >= 0.3 is 6.61 Å². The van der Waals surface area contributed by atoms with E-state index in [-0.39, 0.29) is 11.8 Å². The van der Waals surface area contributed by atoms with Crippen molar-refractivity contribution in [1.29, 1.82) is 0 Å². The van der Waals surface area contributed by atoms with Gasteiger partial charge in [-0.1, -0.05) is 6.07 Å². The number of hydrogen-bond acceptors (Lipinski definition) is 2. The van der Waals surface area contributed by atoms with Crippen molar-refractivity contribution >= 4 is 11.6 Å². The third-order valence-corrected chi connectivity index (χ3v) is 1.48. The van der Waals surface area contributed by atoms with Crippen molar-refractivity contribution in [3.8, 4) is 5.88 Å². The van der Waals surface area contributed by atoms with E-state index in [0.717, 1.165) is 0 Å². The SMILES string of the molecule is FC(F)Oc1ncccc1CCl. The summed E-state index contributed by atoms with van der Waals surface area (Å²) >= 11 is 5.45. The van der Waals surface area contributed by atoms with Crippen LogP contribution in [0.1, 0.15) is 5.56 Å². The van der Waals surface area contributed by atoms with Gasteiger partial charge in [-0.2, -0.15) is 8.78 Å². The standard InChI is InChI=1S/C7H6ClF2NO/c8-4-5-2-1-3-11-6(5)12-7(9)10/h1-3,7H,4H2. The first-order chi connectivity index (χ1) is 5.74. The van der Waals surface area contributed by atoms with Gasteiger partial charge in [0.25, 0.3) is 0 Å². The summed E-state index contributed by atoms with van der Waals surface area (Å²) in [6.45, 7) is -2.86. The van der Waals surface area contributed by atoms with Crippen LogP contribution in [0.4, 0.5) is 8.78 Å². The van der Waals surface area contributed by atoms with Crippen molar-refractivity contribution in [3.63, 3.8) is 0 Å². The van der Waals surface area contributed by atoms with Crippen LogP contribution in [0, 0.1) is 0 Å². The van der Waals surface area contributed by atoms with Crippen LogP contribution in [0.2, 0.25) is 0 Å². The van der Waals surface area contributed by atoms with Gasteiger partial charge in [-0.3, -0.25) is 0 Å². The molecule has 0 amide bonds. The second-order valence-electron chi connectivity index (χ2n) is 1.98. The Hall–Kier alpha value is -0.900. The molecule has 1 aromatic heterocycles. The Kier molecular flexibility index (Phi) is 3.22. The molecule has 66 valence electrons. The first-order valence-electron chi connectivity index (χ1n) is 3.18. The van der Waals surface area contributed by atoms with Crippen molar-refractivity contribution in [3.05, 3.63) is 23.9 Å². The summed E-state index contributed by atoms with van der Waals surface area (Å²) < 4.78 is 27.6. The van der Waals surface area contributed by atoms with Gasteiger partial charge in [-0.05, 0) is 6.07 Å². The Morgan fingerprint density at radius 3 is 2.92 bits per heavy atom. The molecule has 0 fully saturated rings. The summed E-state index contributed by atoms with van der Waals surface area (Å²) in [6, 6.07) is 3.19. The number of hydrogen-bond donors (Lipinski definition) is 0. The summed E-state index contributed by atoms with van der Waals surface area (Å²) in [7, 11) is 0. The lowest BCUT2D eigenvalue weighted by Gasteiger charge is -2.05. The lowest BCUT2D eigenvalue weighted by atomic mass is 10.3. The third kappa shape index (κ3) is 2.30. The molecule has 1 heterocycles. The van der Waals surface area contributed by atoms with E-state index < -0.39 is 6.61 Å². The summed E-state index contributed by atoms with van der Waals surface area (Å²) in [6.07, 6.45) is 1.37. The van der Waals surface area contributed by atoms with Crippen molar-refractivity contribution in [2.45, 2.75) is 12.5 Å². The normalized spacial score (nSPS) is 10.3. The monoisotopic (exact) mass is 193 g/mol. The van der Waals surface area contributed by atoms with E-state index in [9.17, 15) is 8.78 Å². The molecular formula is C7H6ClF2NO. The molecule has 0 atom stereocenters. The molecule has 0 unspecified atom stereocenters. The number of halogens is 3. The highest BCUT2D eigenvalue weighted by Gasteiger charge is 2.08. The average Bonchev–Trinajstić information content (AvgIpc) is 2.04. The number of alkyl halides is 3. The van der Waals surface area contributed by atoms with E-state index in [1.165, 1.54) is 6.20 Å². The Balaban J connectivity index is 2.82. The summed E-state index contributed by atoms with van der Waals surface area (Å²) in [5, 5.41) is 0. The van der Waals surface area contributed by atoms with E-state index >= 15 is 0 Å². The Labute approximate surface area is 73.1 Å². The number of nitrogens with zero attached hydrogens (tertiary/aromatic N) is 1. The maximum atomic E-state index is 11.7. The molecule has 0 saturated carbocycles. The highest BCUT2D eigenvalue weighted by atomic mass is 35.5. The molecule has 0 aromatic carbocycles. The van der Waals surface area contributed by atoms with Crippen LogP contribution >= 0.6 is 11.6 Å². The molecule has 5 heteroatoms. The lowest BCUT2D eigenvalue weighted by molar-refractivity contribution is -0.0533. The number of rotatable bonds is 3. The Morgan fingerprint density at radius 1 is 1.58 bits per heavy atom. The molecule has 0 aliphatic rings. The fourth-order valence-corrected chi connectivity index (χ4v) is 0.920. The van der Waals surface area contributed by atoms with E-state index in [2.05, 4.69) is 9.72 Å². The zero-order valence-corrected chi connectivity index (χ0v) is 6.76. The zero-order valence-electron chi connectivity index (χ0n) is 6.01. The first-order valence-corrected chi connectivity index (χ1v) is 3.72. The van der Waals surface area contributed by atoms with Crippen LogP contribution in [-0.2, 0) is 5.88 Å². The van der Waals surface area contributed by atoms with Gasteiger partial charge < -0.3 is 4.74 Å². The average molecular weight is 194 g/mol. The van der Waals surface area contributed by atoms with E-state index in [1.54, 1.807) is 12.1 Å². The zero-order chi connectivity index (χ0) is 8.97. The van der Waals surface area contributed by atoms with E-state index in [0.29, 0.717) is 5.56 Å². The predicted octanol–water partition coefficient (Wildman–Crippen LogP) is 2.42. The van der Waals surface area contributed by atoms with Crippen LogP contribution < -0.4 is 4.74 Å². The molecule has 1 rings (SSSR count). The minimum atomic E-state index is -2.86. The molecule has 0 radical (unpaired) electrons. The molecule has 0 saturated heterocycles. The Bertz CT molecular complexity index is 257. The molecular weight excluding hydrogens is 188 g/mol. The molecule has 0 bridgehead atoms. The van der Waals surface area contributed by atoms with Gasteiger partial charge in [0.05, 0.1) is 5.88 Å². The second kappa shape index (κ2) is 4.21. The molecule has 0 spiro atoms. The van der Waals surface area contributed by atoms with Gasteiger partial charge in [0.2, 0.25) is 5.88 Å². The topological polar surface area (TPSA) is 22.1 Å². The predicted molar refractivity (Wildman–Crippen MR) is 40.4 cm³/mol. The molecule has 0 N–H and O–H groups in total. The van der Waals surface area contributed by atoms with E-state index in [1.807, 2.05) is 0 Å². The van der Waals surface area contributed by atoms with Crippen LogP contribution in [0.5, 0.6) is 5.88 Å². The van der Waals surface area contributed by atoms with Gasteiger partial charge in [-0.25, -0.2) is 4.98 Å². The molecule has 1 aromatic rings. The van der Waals surface area contributed by atoms with Crippen LogP contribution in [-0.4, -0.2) is 11.6 Å². The fourth-order valence-electron chi connectivity index (χ4n) is 0.716. The highest BCUT2D eigenvalue weighted by molar-refractivity contribution is 6.17. The summed E-state index contributed by atoms with van der Waals surface area (Å²) in [5.74, 6) is -0.00176. The van der Waals surface area contributed by atoms with E-state index in [4.69, 9.17) is 11.6 Å². The fraction of sp³-hybridized carbons (Fsp3) is 0.286. The van der Waals surface area contributed by atoms with Gasteiger partial charge in [-0.15, -0.1) is 11.6 Å². The van der Waals surface area contributed by atoms with Crippen molar-refractivity contribution in [2.75, 3.05) is 0 Å². The first kappa shape index (κ1) is 9.19. The largest absolute Gasteiger partial charge is 0.417 e.